The zero-order chi connectivity index (χ0) is 16.4. The van der Waals surface area contributed by atoms with Crippen molar-refractivity contribution in [2.45, 2.75) is 17.2 Å². The van der Waals surface area contributed by atoms with Crippen molar-refractivity contribution < 1.29 is 40.3 Å². The number of hydrogen-bond acceptors (Lipinski definition) is 3. The number of carbonyl (C=O) groups is 1. The molecule has 0 spiro atoms. The number of carboxylic acid groups (broad SMARTS) is 1. The van der Waals surface area contributed by atoms with Crippen LogP contribution in [0, 0.1) is 5.82 Å². The van der Waals surface area contributed by atoms with Gasteiger partial charge in [-0.15, -0.1) is 0 Å². The molecule has 2 N–H and O–H groups in total. The van der Waals surface area contributed by atoms with Crippen molar-refractivity contribution in [3.05, 3.63) is 29.6 Å². The van der Waals surface area contributed by atoms with E-state index in [1.807, 2.05) is 0 Å². The smallest absolute Gasteiger partial charge is 0.338 e. The van der Waals surface area contributed by atoms with E-state index in [2.05, 4.69) is 0 Å². The molecule has 0 aliphatic carbocycles. The van der Waals surface area contributed by atoms with Crippen molar-refractivity contribution in [2.75, 3.05) is 6.54 Å². The van der Waals surface area contributed by atoms with Gasteiger partial charge in [-0.1, -0.05) is 0 Å². The van der Waals surface area contributed by atoms with Crippen LogP contribution in [0.5, 0.6) is 0 Å². The number of hydrogen-bond donors (Lipinski definition) is 2. The van der Waals surface area contributed by atoms with Gasteiger partial charge < -0.3 is 5.11 Å². The van der Waals surface area contributed by atoms with Gasteiger partial charge in [0.2, 0.25) is 10.0 Å². The van der Waals surface area contributed by atoms with Crippen molar-refractivity contribution >= 4 is 16.0 Å². The van der Waals surface area contributed by atoms with E-state index in [9.17, 15) is 35.2 Å². The second-order valence-electron chi connectivity index (χ2n) is 3.83. The monoisotopic (exact) mass is 333 g/mol. The van der Waals surface area contributed by atoms with Crippen LogP contribution in [0.15, 0.2) is 23.1 Å². The van der Waals surface area contributed by atoms with Crippen LogP contribution < -0.4 is 4.72 Å². The van der Waals surface area contributed by atoms with Crippen molar-refractivity contribution in [3.8, 4) is 0 Å². The summed E-state index contributed by atoms with van der Waals surface area (Å²) in [5.74, 6) is -7.61. The fraction of sp³-hybridized carbons (Fsp3) is 0.300. The molecule has 0 aliphatic heterocycles. The minimum atomic E-state index is -4.69. The molecule has 5 nitrogen and oxygen atoms in total. The molecule has 0 saturated carbocycles. The van der Waals surface area contributed by atoms with Crippen LogP contribution in [-0.2, 0) is 10.0 Å². The van der Waals surface area contributed by atoms with Crippen LogP contribution in [0.1, 0.15) is 10.4 Å². The lowest BCUT2D eigenvalue weighted by Crippen LogP contribution is -2.41. The lowest BCUT2D eigenvalue weighted by atomic mass is 10.2. The van der Waals surface area contributed by atoms with E-state index < -0.39 is 51.2 Å². The normalized spacial score (nSPS) is 12.7. The lowest BCUT2D eigenvalue weighted by Gasteiger charge is -2.16. The Morgan fingerprint density at radius 2 is 1.90 bits per heavy atom. The number of sulfonamides is 1. The average Bonchev–Trinajstić information content (AvgIpc) is 2.36. The Labute approximate surface area is 115 Å². The molecule has 0 atom stereocenters. The van der Waals surface area contributed by atoms with E-state index in [1.165, 1.54) is 4.72 Å². The second-order valence-corrected chi connectivity index (χ2v) is 5.60. The summed E-state index contributed by atoms with van der Waals surface area (Å²) < 4.78 is 86.5. The zero-order valence-corrected chi connectivity index (χ0v) is 10.8. The third-order valence-electron chi connectivity index (χ3n) is 2.30. The van der Waals surface area contributed by atoms with E-state index in [0.717, 1.165) is 0 Å². The molecular formula is C10H8F5NO4S. The Bertz CT molecular complexity index is 647. The highest BCUT2D eigenvalue weighted by Gasteiger charge is 2.41. The van der Waals surface area contributed by atoms with Crippen LogP contribution in [0.3, 0.4) is 0 Å². The van der Waals surface area contributed by atoms with Gasteiger partial charge in [0.05, 0.1) is 17.0 Å². The predicted molar refractivity (Wildman–Crippen MR) is 59.5 cm³/mol. The fourth-order valence-electron chi connectivity index (χ4n) is 1.19. The fourth-order valence-corrected chi connectivity index (χ4v) is 2.26. The summed E-state index contributed by atoms with van der Waals surface area (Å²) in [7, 11) is -4.69. The van der Waals surface area contributed by atoms with Crippen LogP contribution >= 0.6 is 0 Å². The molecule has 0 aliphatic rings. The Hall–Kier alpha value is -1.75. The number of aromatic carboxylic acids is 1. The molecule has 0 saturated heterocycles. The quantitative estimate of drug-likeness (QED) is 0.776. The Morgan fingerprint density at radius 3 is 2.38 bits per heavy atom. The molecule has 0 radical (unpaired) electrons. The maximum Gasteiger partial charge on any atom is 0.338 e. The summed E-state index contributed by atoms with van der Waals surface area (Å²) in [6, 6.07) is 1.51. The molecule has 21 heavy (non-hydrogen) atoms. The molecule has 11 heteroatoms. The molecule has 1 rings (SSSR count). The van der Waals surface area contributed by atoms with Gasteiger partial charge in [0, 0.05) is 0 Å². The van der Waals surface area contributed by atoms with E-state index >= 15 is 0 Å². The molecular weight excluding hydrogens is 325 g/mol. The third kappa shape index (κ3) is 4.11. The first-order chi connectivity index (χ1) is 9.47. The Morgan fingerprint density at radius 1 is 1.33 bits per heavy atom. The molecule has 118 valence electrons. The highest BCUT2D eigenvalue weighted by Crippen LogP contribution is 2.23. The molecule has 0 heterocycles. The zero-order valence-electron chi connectivity index (χ0n) is 9.99. The number of nitrogens with one attached hydrogen (secondary N) is 1. The SMILES string of the molecule is O=C(O)c1cc(S(=O)(=O)NCC(F)(F)C(F)F)ccc1F. The number of halogens is 5. The van der Waals surface area contributed by atoms with E-state index in [-0.39, 0.29) is 0 Å². The maximum absolute atomic E-state index is 13.1. The van der Waals surface area contributed by atoms with Gasteiger partial charge in [-0.3, -0.25) is 0 Å². The first kappa shape index (κ1) is 17.3. The number of alkyl halides is 4. The number of benzene rings is 1. The first-order valence-electron chi connectivity index (χ1n) is 5.16. The average molecular weight is 333 g/mol. The lowest BCUT2D eigenvalue weighted by molar-refractivity contribution is -0.122. The standard InChI is InChI=1S/C10H8F5NO4S/c11-7-2-1-5(3-6(7)8(17)18)21(19,20)16-4-10(14,15)9(12)13/h1-3,9,16H,4H2,(H,17,18). The van der Waals surface area contributed by atoms with Crippen molar-refractivity contribution in [2.24, 2.45) is 0 Å². The van der Waals surface area contributed by atoms with Crippen molar-refractivity contribution in [1.29, 1.82) is 0 Å². The molecule has 0 amide bonds. The number of rotatable bonds is 6. The van der Waals surface area contributed by atoms with E-state index in [0.29, 0.717) is 18.2 Å². The van der Waals surface area contributed by atoms with Crippen molar-refractivity contribution in [3.63, 3.8) is 0 Å². The third-order valence-corrected chi connectivity index (χ3v) is 3.69. The Balaban J connectivity index is 3.04. The van der Waals surface area contributed by atoms with Gasteiger partial charge in [0.1, 0.15) is 5.82 Å². The van der Waals surface area contributed by atoms with Gasteiger partial charge in [0.15, 0.2) is 0 Å². The number of carboxylic acids is 1. The molecule has 0 unspecified atom stereocenters. The van der Waals surface area contributed by atoms with Crippen LogP contribution in [0.25, 0.3) is 0 Å². The van der Waals surface area contributed by atoms with Gasteiger partial charge in [-0.25, -0.2) is 31.1 Å². The van der Waals surface area contributed by atoms with Gasteiger partial charge >= 0.3 is 18.3 Å². The summed E-state index contributed by atoms with van der Waals surface area (Å²) in [5.41, 5.74) is -1.00. The van der Waals surface area contributed by atoms with Gasteiger partial charge in [-0.2, -0.15) is 8.78 Å². The van der Waals surface area contributed by atoms with Gasteiger partial charge in [-0.05, 0) is 18.2 Å². The molecule has 0 bridgehead atoms. The highest BCUT2D eigenvalue weighted by molar-refractivity contribution is 7.89. The molecule has 0 fully saturated rings. The Kier molecular flexibility index (Phi) is 4.89. The van der Waals surface area contributed by atoms with Crippen LogP contribution in [0.4, 0.5) is 22.0 Å². The molecule has 1 aromatic carbocycles. The molecule has 1 aromatic rings. The summed E-state index contributed by atoms with van der Waals surface area (Å²) >= 11 is 0. The summed E-state index contributed by atoms with van der Waals surface area (Å²) in [5, 5.41) is 8.61. The topological polar surface area (TPSA) is 83.5 Å². The summed E-state index contributed by atoms with van der Waals surface area (Å²) in [6.45, 7) is -1.88. The highest BCUT2D eigenvalue weighted by atomic mass is 32.2. The van der Waals surface area contributed by atoms with Gasteiger partial charge in [0.25, 0.3) is 0 Å². The summed E-state index contributed by atoms with van der Waals surface area (Å²) in [4.78, 5) is 9.79. The van der Waals surface area contributed by atoms with E-state index in [1.54, 1.807) is 0 Å². The van der Waals surface area contributed by atoms with Crippen molar-refractivity contribution in [1.82, 2.24) is 4.72 Å². The maximum atomic E-state index is 13.1. The summed E-state index contributed by atoms with van der Waals surface area (Å²) in [6.07, 6.45) is -4.08. The second kappa shape index (κ2) is 5.93. The molecule has 0 aromatic heterocycles. The largest absolute Gasteiger partial charge is 0.478 e. The van der Waals surface area contributed by atoms with Crippen LogP contribution in [0.2, 0.25) is 0 Å². The van der Waals surface area contributed by atoms with E-state index in [4.69, 9.17) is 5.11 Å². The minimum Gasteiger partial charge on any atom is -0.478 e. The van der Waals surface area contributed by atoms with Crippen LogP contribution in [-0.4, -0.2) is 38.4 Å². The first-order valence-corrected chi connectivity index (χ1v) is 6.64. The minimum absolute atomic E-state index is 0.389. The predicted octanol–water partition coefficient (Wildman–Crippen LogP) is 1.70.